The first-order valence-electron chi connectivity index (χ1n) is 5.76. The highest BCUT2D eigenvalue weighted by Gasteiger charge is 2.33. The van der Waals surface area contributed by atoms with Crippen LogP contribution in [0.5, 0.6) is 0 Å². The highest BCUT2D eigenvalue weighted by atomic mass is 16.2. The van der Waals surface area contributed by atoms with Crippen LogP contribution in [0.4, 0.5) is 5.82 Å². The van der Waals surface area contributed by atoms with Gasteiger partial charge in [-0.1, -0.05) is 0 Å². The summed E-state index contributed by atoms with van der Waals surface area (Å²) in [7, 11) is 0. The molecule has 3 rings (SSSR count). The Morgan fingerprint density at radius 3 is 2.56 bits per heavy atom. The number of amides is 2. The van der Waals surface area contributed by atoms with Crippen LogP contribution in [0.15, 0.2) is 6.07 Å². The molecule has 6 nitrogen and oxygen atoms in total. The van der Waals surface area contributed by atoms with E-state index in [-0.39, 0.29) is 24.7 Å². The molecule has 3 heterocycles. The molecule has 2 amide bonds. The number of nitrogens with zero attached hydrogens (tertiary/aromatic N) is 3. The smallest absolute Gasteiger partial charge is 0.235 e. The Bertz CT molecular complexity index is 658. The fourth-order valence-electron chi connectivity index (χ4n) is 2.34. The number of anilines is 1. The van der Waals surface area contributed by atoms with E-state index in [4.69, 9.17) is 0 Å². The molecular formula is C12H12N4O2. The van der Waals surface area contributed by atoms with Crippen molar-refractivity contribution in [2.75, 3.05) is 4.90 Å². The van der Waals surface area contributed by atoms with Crippen LogP contribution in [0.25, 0.3) is 11.0 Å². The predicted molar refractivity (Wildman–Crippen MR) is 65.1 cm³/mol. The lowest BCUT2D eigenvalue weighted by molar-refractivity contribution is -0.121. The van der Waals surface area contributed by atoms with Crippen LogP contribution < -0.4 is 4.90 Å². The number of H-pyrrole nitrogens is 1. The molecule has 1 aliphatic heterocycles. The van der Waals surface area contributed by atoms with E-state index < -0.39 is 0 Å². The van der Waals surface area contributed by atoms with Crippen LogP contribution in [0.3, 0.4) is 0 Å². The third kappa shape index (κ3) is 1.42. The van der Waals surface area contributed by atoms with Crippen LogP contribution in [-0.4, -0.2) is 27.0 Å². The minimum absolute atomic E-state index is 0.201. The molecular weight excluding hydrogens is 232 g/mol. The first-order chi connectivity index (χ1) is 8.58. The minimum Gasteiger partial charge on any atom is -0.274 e. The fourth-order valence-corrected chi connectivity index (χ4v) is 2.34. The highest BCUT2D eigenvalue weighted by Crippen LogP contribution is 2.30. The summed E-state index contributed by atoms with van der Waals surface area (Å²) < 4.78 is 0. The van der Waals surface area contributed by atoms with Crippen molar-refractivity contribution in [3.63, 3.8) is 0 Å². The van der Waals surface area contributed by atoms with Crippen molar-refractivity contribution >= 4 is 28.7 Å². The quantitative estimate of drug-likeness (QED) is 0.765. The van der Waals surface area contributed by atoms with Crippen molar-refractivity contribution in [2.45, 2.75) is 26.7 Å². The number of fused-ring (bicyclic) bond motifs is 1. The maximum Gasteiger partial charge on any atom is 0.235 e. The van der Waals surface area contributed by atoms with Gasteiger partial charge >= 0.3 is 0 Å². The molecule has 0 radical (unpaired) electrons. The molecule has 0 unspecified atom stereocenters. The van der Waals surface area contributed by atoms with Crippen molar-refractivity contribution in [3.05, 3.63) is 17.3 Å². The van der Waals surface area contributed by atoms with E-state index in [0.717, 1.165) is 21.5 Å². The van der Waals surface area contributed by atoms with Gasteiger partial charge in [0, 0.05) is 18.5 Å². The summed E-state index contributed by atoms with van der Waals surface area (Å²) in [6.45, 7) is 3.81. The first kappa shape index (κ1) is 10.9. The van der Waals surface area contributed by atoms with Crippen LogP contribution in [-0.2, 0) is 9.59 Å². The summed E-state index contributed by atoms with van der Waals surface area (Å²) in [4.78, 5) is 28.9. The lowest BCUT2D eigenvalue weighted by Crippen LogP contribution is -2.29. The molecule has 0 atom stereocenters. The van der Waals surface area contributed by atoms with Crippen molar-refractivity contribution in [3.8, 4) is 0 Å². The van der Waals surface area contributed by atoms with Gasteiger partial charge in [0.1, 0.15) is 0 Å². The number of carbonyl (C=O) groups excluding carboxylic acids is 2. The third-order valence-electron chi connectivity index (χ3n) is 3.10. The molecule has 0 spiro atoms. The standard InChI is InChI=1S/C12H12N4O2/c1-6-5-7(2)13-11-10(6)12(15-14-11)16-8(17)3-4-9(16)18/h5H,3-4H2,1-2H3,(H,13,14,15). The Balaban J connectivity index is 2.24. The second kappa shape index (κ2) is 3.63. The predicted octanol–water partition coefficient (Wildman–Crippen LogP) is 1.23. The van der Waals surface area contributed by atoms with E-state index in [0.29, 0.717) is 11.5 Å². The molecule has 92 valence electrons. The van der Waals surface area contributed by atoms with Crippen molar-refractivity contribution in [1.82, 2.24) is 15.2 Å². The third-order valence-corrected chi connectivity index (χ3v) is 3.10. The Hall–Kier alpha value is -2.24. The summed E-state index contributed by atoms with van der Waals surface area (Å²) in [5.74, 6) is -0.0238. The van der Waals surface area contributed by atoms with Gasteiger partial charge in [-0.05, 0) is 25.5 Å². The zero-order valence-corrected chi connectivity index (χ0v) is 10.1. The number of aromatic amines is 1. The molecule has 0 saturated carbocycles. The van der Waals surface area contributed by atoms with E-state index in [1.165, 1.54) is 0 Å². The number of nitrogens with one attached hydrogen (secondary N) is 1. The van der Waals surface area contributed by atoms with Crippen LogP contribution >= 0.6 is 0 Å². The molecule has 0 aromatic carbocycles. The zero-order valence-electron chi connectivity index (χ0n) is 10.1. The van der Waals surface area contributed by atoms with Gasteiger partial charge in [0.25, 0.3) is 0 Å². The Morgan fingerprint density at radius 2 is 1.89 bits per heavy atom. The average Bonchev–Trinajstić information content (AvgIpc) is 2.83. The lowest BCUT2D eigenvalue weighted by Gasteiger charge is -2.11. The normalized spacial score (nSPS) is 16.0. The van der Waals surface area contributed by atoms with Crippen LogP contribution in [0.2, 0.25) is 0 Å². The second-order valence-electron chi connectivity index (χ2n) is 4.47. The topological polar surface area (TPSA) is 79.0 Å². The molecule has 1 saturated heterocycles. The monoisotopic (exact) mass is 244 g/mol. The van der Waals surface area contributed by atoms with Gasteiger partial charge in [-0.15, -0.1) is 0 Å². The van der Waals surface area contributed by atoms with E-state index in [1.54, 1.807) is 0 Å². The summed E-state index contributed by atoms with van der Waals surface area (Å²) in [5.41, 5.74) is 2.43. The van der Waals surface area contributed by atoms with Crippen molar-refractivity contribution in [1.29, 1.82) is 0 Å². The summed E-state index contributed by atoms with van der Waals surface area (Å²) in [5, 5.41) is 7.60. The zero-order chi connectivity index (χ0) is 12.9. The lowest BCUT2D eigenvalue weighted by atomic mass is 10.1. The Morgan fingerprint density at radius 1 is 1.22 bits per heavy atom. The van der Waals surface area contributed by atoms with Gasteiger partial charge in [-0.2, -0.15) is 5.10 Å². The molecule has 0 bridgehead atoms. The molecule has 2 aromatic rings. The first-order valence-corrected chi connectivity index (χ1v) is 5.76. The van der Waals surface area contributed by atoms with Crippen molar-refractivity contribution < 1.29 is 9.59 Å². The molecule has 18 heavy (non-hydrogen) atoms. The molecule has 6 heteroatoms. The number of rotatable bonds is 1. The second-order valence-corrected chi connectivity index (χ2v) is 4.47. The number of imide groups is 1. The molecule has 0 aliphatic carbocycles. The van der Waals surface area contributed by atoms with Gasteiger partial charge < -0.3 is 0 Å². The number of hydrogen-bond acceptors (Lipinski definition) is 4. The number of pyridine rings is 1. The minimum atomic E-state index is -0.201. The van der Waals surface area contributed by atoms with Crippen LogP contribution in [0.1, 0.15) is 24.1 Å². The van der Waals surface area contributed by atoms with Gasteiger partial charge in [-0.3, -0.25) is 14.7 Å². The number of hydrogen-bond donors (Lipinski definition) is 1. The van der Waals surface area contributed by atoms with E-state index in [2.05, 4.69) is 15.2 Å². The van der Waals surface area contributed by atoms with Gasteiger partial charge in [0.05, 0.1) is 5.39 Å². The van der Waals surface area contributed by atoms with E-state index in [1.807, 2.05) is 19.9 Å². The molecule has 2 aromatic heterocycles. The van der Waals surface area contributed by atoms with Crippen LogP contribution in [0, 0.1) is 13.8 Å². The van der Waals surface area contributed by atoms with Gasteiger partial charge in [0.2, 0.25) is 11.8 Å². The number of carbonyl (C=O) groups is 2. The molecule has 1 aliphatic rings. The maximum atomic E-state index is 11.7. The summed E-state index contributed by atoms with van der Waals surface area (Å²) >= 11 is 0. The maximum absolute atomic E-state index is 11.7. The van der Waals surface area contributed by atoms with Crippen molar-refractivity contribution in [2.24, 2.45) is 0 Å². The van der Waals surface area contributed by atoms with E-state index >= 15 is 0 Å². The summed E-state index contributed by atoms with van der Waals surface area (Å²) in [6, 6.07) is 1.91. The largest absolute Gasteiger partial charge is 0.274 e. The summed E-state index contributed by atoms with van der Waals surface area (Å²) in [6.07, 6.45) is 0.511. The fraction of sp³-hybridized carbons (Fsp3) is 0.333. The molecule has 1 fully saturated rings. The Labute approximate surface area is 103 Å². The number of aromatic nitrogens is 3. The highest BCUT2D eigenvalue weighted by molar-refractivity contribution is 6.22. The van der Waals surface area contributed by atoms with Gasteiger partial charge in [0.15, 0.2) is 11.5 Å². The number of aryl methyl sites for hydroxylation is 2. The Kier molecular flexibility index (Phi) is 2.19. The van der Waals surface area contributed by atoms with Gasteiger partial charge in [-0.25, -0.2) is 9.88 Å². The SMILES string of the molecule is Cc1cc(C)c2c(N3C(=O)CCC3=O)n[nH]c2n1. The van der Waals surface area contributed by atoms with E-state index in [9.17, 15) is 9.59 Å². The average molecular weight is 244 g/mol. The molecule has 1 N–H and O–H groups in total.